The molecule has 0 amide bonds. The second-order valence-electron chi connectivity index (χ2n) is 10.1. The number of fused-ring (bicyclic) bond motifs is 1. The van der Waals surface area contributed by atoms with Gasteiger partial charge < -0.3 is 4.74 Å². The molecule has 6 aromatic rings. The molecule has 41 heavy (non-hydrogen) atoms. The van der Waals surface area contributed by atoms with E-state index in [0.717, 1.165) is 33.0 Å². The van der Waals surface area contributed by atoms with Gasteiger partial charge >= 0.3 is 0 Å². The van der Waals surface area contributed by atoms with Crippen LogP contribution >= 0.6 is 0 Å². The molecule has 2 aromatic heterocycles. The first-order valence-corrected chi connectivity index (χ1v) is 13.3. The van der Waals surface area contributed by atoms with Crippen LogP contribution in [0.2, 0.25) is 0 Å². The van der Waals surface area contributed by atoms with Crippen molar-refractivity contribution in [1.82, 2.24) is 20.4 Å². The van der Waals surface area contributed by atoms with Gasteiger partial charge in [-0.25, -0.2) is 0 Å². The van der Waals surface area contributed by atoms with Crippen LogP contribution in [0.1, 0.15) is 33.7 Å². The van der Waals surface area contributed by atoms with E-state index in [4.69, 9.17) is 11.2 Å². The Bertz CT molecular complexity index is 1920. The van der Waals surface area contributed by atoms with Crippen molar-refractivity contribution in [2.75, 3.05) is 6.61 Å². The van der Waals surface area contributed by atoms with Crippen molar-refractivity contribution in [3.63, 3.8) is 0 Å². The standard InChI is InChI=1S/C34H28N4O3/c1-4-19-41-26-18-17-22-7-5-6-8-25(22)27(26)28(29-31(35-37-33(29)39)23-13-9-20(2)10-14-23)30-32(36-38-34(30)40)24-15-11-21(3)12-16-24/h1,5-18,28H,19H2,2-3H3,(H2,35,37,39)(H2,36,38,40). The van der Waals surface area contributed by atoms with Gasteiger partial charge in [0.2, 0.25) is 0 Å². The van der Waals surface area contributed by atoms with E-state index in [1.54, 1.807) is 0 Å². The number of ether oxygens (including phenoxy) is 1. The molecule has 7 heteroatoms. The average Bonchev–Trinajstić information content (AvgIpc) is 3.56. The number of rotatable bonds is 7. The molecular weight excluding hydrogens is 512 g/mol. The second-order valence-corrected chi connectivity index (χ2v) is 10.1. The van der Waals surface area contributed by atoms with Gasteiger partial charge in [0.05, 0.1) is 28.4 Å². The molecule has 4 N–H and O–H groups in total. The van der Waals surface area contributed by atoms with E-state index in [0.29, 0.717) is 33.8 Å². The van der Waals surface area contributed by atoms with Crippen molar-refractivity contribution in [2.24, 2.45) is 0 Å². The Morgan fingerprint density at radius 2 is 1.22 bits per heavy atom. The Labute approximate surface area is 236 Å². The van der Waals surface area contributed by atoms with E-state index in [-0.39, 0.29) is 17.7 Å². The summed E-state index contributed by atoms with van der Waals surface area (Å²) in [6.07, 6.45) is 5.58. The van der Waals surface area contributed by atoms with Gasteiger partial charge in [0.15, 0.2) is 0 Å². The van der Waals surface area contributed by atoms with E-state index >= 15 is 0 Å². The Balaban J connectivity index is 1.73. The van der Waals surface area contributed by atoms with E-state index in [2.05, 4.69) is 26.3 Å². The number of H-pyrrole nitrogens is 4. The molecule has 0 atom stereocenters. The van der Waals surface area contributed by atoms with Crippen LogP contribution in [0.3, 0.4) is 0 Å². The summed E-state index contributed by atoms with van der Waals surface area (Å²) >= 11 is 0. The van der Waals surface area contributed by atoms with Gasteiger partial charge in [0.25, 0.3) is 11.1 Å². The number of aromatic amines is 4. The summed E-state index contributed by atoms with van der Waals surface area (Å²) in [6.45, 7) is 4.04. The maximum atomic E-state index is 13.8. The summed E-state index contributed by atoms with van der Waals surface area (Å²) in [5.74, 6) is 2.21. The Hall–Kier alpha value is -5.48. The monoisotopic (exact) mass is 540 g/mol. The predicted molar refractivity (Wildman–Crippen MR) is 162 cm³/mol. The highest BCUT2D eigenvalue weighted by Gasteiger charge is 2.34. The molecule has 0 saturated heterocycles. The van der Waals surface area contributed by atoms with Crippen molar-refractivity contribution < 1.29 is 4.74 Å². The van der Waals surface area contributed by atoms with Crippen molar-refractivity contribution in [3.8, 4) is 40.6 Å². The number of aromatic nitrogens is 4. The minimum Gasteiger partial charge on any atom is -0.481 e. The lowest BCUT2D eigenvalue weighted by Gasteiger charge is -2.22. The van der Waals surface area contributed by atoms with Crippen LogP contribution in [0.15, 0.2) is 94.5 Å². The molecule has 4 aromatic carbocycles. The number of terminal acetylenes is 1. The maximum Gasteiger partial charge on any atom is 0.268 e. The molecule has 0 spiro atoms. The summed E-state index contributed by atoms with van der Waals surface area (Å²) in [7, 11) is 0. The zero-order chi connectivity index (χ0) is 28.5. The SMILES string of the molecule is C#CCOc1ccc2ccccc2c1C(c1c(-c2ccc(C)cc2)[nH][nH]c1=O)c1c(-c2ccc(C)cc2)[nH][nH]c1=O. The summed E-state index contributed by atoms with van der Waals surface area (Å²) < 4.78 is 6.09. The molecular formula is C34H28N4O3. The van der Waals surface area contributed by atoms with Gasteiger partial charge in [-0.2, -0.15) is 0 Å². The fourth-order valence-electron chi connectivity index (χ4n) is 5.43. The lowest BCUT2D eigenvalue weighted by molar-refractivity contribution is 0.366. The molecule has 0 aliphatic rings. The van der Waals surface area contributed by atoms with Crippen molar-refractivity contribution in [1.29, 1.82) is 0 Å². The Kier molecular flexibility index (Phi) is 6.66. The Morgan fingerprint density at radius 1 is 0.683 bits per heavy atom. The summed E-state index contributed by atoms with van der Waals surface area (Å²) in [5.41, 5.74) is 5.78. The van der Waals surface area contributed by atoms with Crippen LogP contribution < -0.4 is 15.9 Å². The molecule has 0 saturated carbocycles. The second kappa shape index (κ2) is 10.6. The number of nitrogens with one attached hydrogen (secondary N) is 4. The minimum atomic E-state index is -0.827. The topological polar surface area (TPSA) is 107 Å². The summed E-state index contributed by atoms with van der Waals surface area (Å²) in [4.78, 5) is 27.5. The van der Waals surface area contributed by atoms with Crippen LogP contribution in [-0.4, -0.2) is 27.0 Å². The van der Waals surface area contributed by atoms with Crippen LogP contribution in [0.25, 0.3) is 33.3 Å². The quantitative estimate of drug-likeness (QED) is 0.186. The van der Waals surface area contributed by atoms with Crippen LogP contribution in [-0.2, 0) is 0 Å². The van der Waals surface area contributed by atoms with Gasteiger partial charge in [-0.1, -0.05) is 95.9 Å². The minimum absolute atomic E-state index is 0.0285. The first-order chi connectivity index (χ1) is 20.0. The maximum absolute atomic E-state index is 13.8. The fraction of sp³-hybridized carbons (Fsp3) is 0.118. The molecule has 0 radical (unpaired) electrons. The molecule has 0 aliphatic carbocycles. The van der Waals surface area contributed by atoms with E-state index in [1.165, 1.54) is 0 Å². The smallest absolute Gasteiger partial charge is 0.268 e. The molecule has 0 bridgehead atoms. The number of hydrogen-bond donors (Lipinski definition) is 4. The van der Waals surface area contributed by atoms with E-state index in [1.807, 2.05) is 98.8 Å². The molecule has 2 heterocycles. The molecule has 0 unspecified atom stereocenters. The third-order valence-corrected chi connectivity index (χ3v) is 7.42. The molecule has 0 fully saturated rings. The highest BCUT2D eigenvalue weighted by Crippen LogP contribution is 2.44. The lowest BCUT2D eigenvalue weighted by Crippen LogP contribution is -2.21. The zero-order valence-corrected chi connectivity index (χ0v) is 22.7. The van der Waals surface area contributed by atoms with Gasteiger partial charge in [-0.05, 0) is 41.8 Å². The van der Waals surface area contributed by atoms with Gasteiger partial charge in [0, 0.05) is 5.56 Å². The molecule has 0 aliphatic heterocycles. The van der Waals surface area contributed by atoms with Gasteiger partial charge in [-0.15, -0.1) is 6.42 Å². The molecule has 6 rings (SSSR count). The normalized spacial score (nSPS) is 11.2. The lowest BCUT2D eigenvalue weighted by atomic mass is 9.80. The fourth-order valence-corrected chi connectivity index (χ4v) is 5.43. The van der Waals surface area contributed by atoms with Crippen molar-refractivity contribution in [2.45, 2.75) is 19.8 Å². The van der Waals surface area contributed by atoms with Crippen LogP contribution in [0, 0.1) is 26.2 Å². The number of aryl methyl sites for hydroxylation is 2. The van der Waals surface area contributed by atoms with Crippen molar-refractivity contribution >= 4 is 10.8 Å². The van der Waals surface area contributed by atoms with E-state index in [9.17, 15) is 9.59 Å². The number of hydrogen-bond acceptors (Lipinski definition) is 3. The third-order valence-electron chi connectivity index (χ3n) is 7.42. The summed E-state index contributed by atoms with van der Waals surface area (Å²) in [5, 5.41) is 13.5. The highest BCUT2D eigenvalue weighted by atomic mass is 16.5. The Morgan fingerprint density at radius 3 is 1.76 bits per heavy atom. The van der Waals surface area contributed by atoms with Gasteiger partial charge in [0.1, 0.15) is 12.4 Å². The predicted octanol–water partition coefficient (Wildman–Crippen LogP) is 6.02. The first kappa shape index (κ1) is 25.8. The van der Waals surface area contributed by atoms with E-state index < -0.39 is 5.92 Å². The van der Waals surface area contributed by atoms with Crippen LogP contribution in [0.5, 0.6) is 5.75 Å². The average molecular weight is 541 g/mol. The largest absolute Gasteiger partial charge is 0.481 e. The molecule has 7 nitrogen and oxygen atoms in total. The first-order valence-electron chi connectivity index (χ1n) is 13.3. The van der Waals surface area contributed by atoms with Crippen LogP contribution in [0.4, 0.5) is 0 Å². The third kappa shape index (κ3) is 4.66. The zero-order valence-electron chi connectivity index (χ0n) is 22.7. The number of benzene rings is 4. The highest BCUT2D eigenvalue weighted by molar-refractivity contribution is 5.90. The summed E-state index contributed by atoms with van der Waals surface area (Å²) in [6, 6.07) is 27.4. The molecule has 202 valence electrons. The van der Waals surface area contributed by atoms with Crippen molar-refractivity contribution in [3.05, 3.63) is 133 Å². The van der Waals surface area contributed by atoms with Gasteiger partial charge in [-0.3, -0.25) is 30.0 Å².